The van der Waals surface area contributed by atoms with E-state index in [1.54, 1.807) is 0 Å². The van der Waals surface area contributed by atoms with Gasteiger partial charge in [0.15, 0.2) is 0 Å². The van der Waals surface area contributed by atoms with Gasteiger partial charge in [-0.1, -0.05) is 91.1 Å². The van der Waals surface area contributed by atoms with Crippen molar-refractivity contribution >= 4 is 27.9 Å². The molecule has 0 atom stereocenters. The Morgan fingerprint density at radius 1 is 0.650 bits per heavy atom. The van der Waals surface area contributed by atoms with Crippen LogP contribution in [0.1, 0.15) is 19.5 Å². The molecule has 1 aliphatic heterocycles. The molecular formula is C38H29N2+. The predicted molar refractivity (Wildman–Crippen MR) is 170 cm³/mol. The van der Waals surface area contributed by atoms with Crippen molar-refractivity contribution in [2.75, 3.05) is 0 Å². The highest BCUT2D eigenvalue weighted by atomic mass is 15.1. The molecule has 4 aromatic carbocycles. The van der Waals surface area contributed by atoms with Crippen molar-refractivity contribution in [2.45, 2.75) is 13.8 Å². The third-order valence-corrected chi connectivity index (χ3v) is 7.75. The van der Waals surface area contributed by atoms with Gasteiger partial charge in [0.25, 0.3) is 0 Å². The average Bonchev–Trinajstić information content (AvgIpc) is 3.32. The zero-order chi connectivity index (χ0) is 27.1. The second-order valence-electron chi connectivity index (χ2n) is 10.1. The van der Waals surface area contributed by atoms with Crippen LogP contribution in [0.25, 0.3) is 44.2 Å². The van der Waals surface area contributed by atoms with Gasteiger partial charge >= 0.3 is 0 Å². The van der Waals surface area contributed by atoms with E-state index in [0.717, 1.165) is 28.4 Å². The fourth-order valence-electron chi connectivity index (χ4n) is 6.00. The quantitative estimate of drug-likeness (QED) is 0.160. The van der Waals surface area contributed by atoms with Crippen LogP contribution in [0.3, 0.4) is 0 Å². The maximum atomic E-state index is 4.69. The monoisotopic (exact) mass is 513 g/mol. The Balaban J connectivity index is 1.31. The average molecular weight is 514 g/mol. The third-order valence-electron chi connectivity index (χ3n) is 7.75. The molecule has 2 heterocycles. The summed E-state index contributed by atoms with van der Waals surface area (Å²) < 4.78 is 2.29. The van der Waals surface area contributed by atoms with Gasteiger partial charge < -0.3 is 0 Å². The molecule has 1 aliphatic carbocycles. The number of pyridine rings is 1. The van der Waals surface area contributed by atoms with Gasteiger partial charge in [0.2, 0.25) is 22.8 Å². The Labute approximate surface area is 235 Å². The summed E-state index contributed by atoms with van der Waals surface area (Å²) in [7, 11) is 0. The minimum Gasteiger partial charge on any atom is -0.244 e. The summed E-state index contributed by atoms with van der Waals surface area (Å²) in [5.41, 5.74) is 13.3. The summed E-state index contributed by atoms with van der Waals surface area (Å²) in [5.74, 6) is 0. The summed E-state index contributed by atoms with van der Waals surface area (Å²) in [5, 5.41) is 2.66. The van der Waals surface area contributed by atoms with E-state index in [0.29, 0.717) is 0 Å². The number of hydrogen-bond acceptors (Lipinski definition) is 1. The van der Waals surface area contributed by atoms with Crippen LogP contribution in [0.4, 0.5) is 11.4 Å². The first kappa shape index (κ1) is 24.0. The first-order chi connectivity index (χ1) is 19.8. The number of benzene rings is 4. The molecule has 0 saturated carbocycles. The van der Waals surface area contributed by atoms with Gasteiger partial charge in [0, 0.05) is 30.5 Å². The van der Waals surface area contributed by atoms with E-state index < -0.39 is 0 Å². The van der Waals surface area contributed by atoms with Crippen LogP contribution in [0.5, 0.6) is 0 Å². The smallest absolute Gasteiger partial charge is 0.244 e. The lowest BCUT2D eigenvalue weighted by Crippen LogP contribution is -2.29. The highest BCUT2D eigenvalue weighted by Crippen LogP contribution is 2.49. The molecule has 0 spiro atoms. The molecule has 7 rings (SSSR count). The zero-order valence-corrected chi connectivity index (χ0v) is 22.7. The number of aromatic nitrogens is 1. The fraction of sp³-hybridized carbons (Fsp3) is 0.0526. The maximum absolute atomic E-state index is 4.69. The summed E-state index contributed by atoms with van der Waals surface area (Å²) in [6, 6.07) is 33.1. The molecule has 190 valence electrons. The Morgan fingerprint density at radius 2 is 1.40 bits per heavy atom. The second kappa shape index (κ2) is 9.91. The SMILES string of the molecule is C\C=C/C=C\C(\C=C/C)=C\C1=[N+](c2ccc(-c3ccc4c5c(cccc35)-c3ccccc3-4)cc2)c2cccnc21. The lowest BCUT2D eigenvalue weighted by Gasteiger charge is -2.17. The van der Waals surface area contributed by atoms with E-state index >= 15 is 0 Å². The standard InChI is InChI=1S/C38H29N2/c1-3-5-6-12-26(11-4-2)25-36-38-35(17-10-24-39-38)40(36)28-20-18-27(19-21-28)29-22-23-34-31-14-8-7-13-30(31)33-16-9-15-32(29)37(33)34/h3-25H,1-2H3/q+1/b5-3-,11-4-,12-6-,26-25+. The fourth-order valence-corrected chi connectivity index (χ4v) is 6.00. The molecule has 1 aromatic heterocycles. The Bertz CT molecular complexity index is 1920. The van der Waals surface area contributed by atoms with Gasteiger partial charge in [-0.3, -0.25) is 0 Å². The van der Waals surface area contributed by atoms with Crippen molar-refractivity contribution in [3.63, 3.8) is 0 Å². The number of allylic oxidation sites excluding steroid dienone is 8. The van der Waals surface area contributed by atoms with Crippen LogP contribution >= 0.6 is 0 Å². The van der Waals surface area contributed by atoms with Gasteiger partial charge in [-0.05, 0) is 81.8 Å². The normalized spacial score (nSPS) is 14.0. The number of nitrogens with zero attached hydrogens (tertiary/aromatic N) is 2. The minimum atomic E-state index is 1.03. The van der Waals surface area contributed by atoms with Crippen LogP contribution in [0.2, 0.25) is 0 Å². The highest BCUT2D eigenvalue weighted by Gasteiger charge is 2.37. The van der Waals surface area contributed by atoms with E-state index in [2.05, 4.69) is 125 Å². The van der Waals surface area contributed by atoms with Crippen molar-refractivity contribution in [1.29, 1.82) is 0 Å². The van der Waals surface area contributed by atoms with Crippen LogP contribution in [-0.4, -0.2) is 10.7 Å². The van der Waals surface area contributed by atoms with Crippen molar-refractivity contribution in [2.24, 2.45) is 0 Å². The van der Waals surface area contributed by atoms with E-state index in [1.807, 2.05) is 38.3 Å². The van der Waals surface area contributed by atoms with Crippen LogP contribution in [-0.2, 0) is 0 Å². The van der Waals surface area contributed by atoms with E-state index in [4.69, 9.17) is 0 Å². The van der Waals surface area contributed by atoms with Crippen LogP contribution < -0.4 is 4.58 Å². The molecule has 0 unspecified atom stereocenters. The van der Waals surface area contributed by atoms with Gasteiger partial charge in [-0.25, -0.2) is 4.98 Å². The van der Waals surface area contributed by atoms with Gasteiger partial charge in [0.1, 0.15) is 0 Å². The van der Waals surface area contributed by atoms with E-state index in [9.17, 15) is 0 Å². The zero-order valence-electron chi connectivity index (χ0n) is 22.7. The Morgan fingerprint density at radius 3 is 2.17 bits per heavy atom. The highest BCUT2D eigenvalue weighted by molar-refractivity contribution is 6.20. The molecule has 0 N–H and O–H groups in total. The van der Waals surface area contributed by atoms with Crippen LogP contribution in [0, 0.1) is 0 Å². The first-order valence-corrected chi connectivity index (χ1v) is 13.8. The lowest BCUT2D eigenvalue weighted by atomic mass is 9.94. The molecule has 0 radical (unpaired) electrons. The Hall–Kier alpha value is -5.08. The molecule has 0 amide bonds. The summed E-state index contributed by atoms with van der Waals surface area (Å²) in [6.07, 6.45) is 16.6. The minimum absolute atomic E-state index is 1.03. The molecule has 0 fully saturated rings. The van der Waals surface area contributed by atoms with Gasteiger partial charge in [-0.2, -0.15) is 0 Å². The summed E-state index contributed by atoms with van der Waals surface area (Å²) >= 11 is 0. The largest absolute Gasteiger partial charge is 0.245 e. The molecule has 0 bridgehead atoms. The number of fused-ring (bicyclic) bond motifs is 4. The van der Waals surface area contributed by atoms with Crippen molar-refractivity contribution < 1.29 is 0 Å². The topological polar surface area (TPSA) is 15.9 Å². The predicted octanol–water partition coefficient (Wildman–Crippen LogP) is 9.82. The van der Waals surface area contributed by atoms with Crippen molar-refractivity contribution in [3.05, 3.63) is 151 Å². The van der Waals surface area contributed by atoms with Crippen LogP contribution in [0.15, 0.2) is 145 Å². The molecular weight excluding hydrogens is 484 g/mol. The number of rotatable bonds is 6. The molecule has 2 aliphatic rings. The molecule has 2 heteroatoms. The lowest BCUT2D eigenvalue weighted by molar-refractivity contribution is 0.996. The summed E-state index contributed by atoms with van der Waals surface area (Å²) in [6.45, 7) is 4.07. The van der Waals surface area contributed by atoms with E-state index in [1.165, 1.54) is 44.2 Å². The van der Waals surface area contributed by atoms with Crippen molar-refractivity contribution in [3.8, 4) is 33.4 Å². The Kier molecular flexibility index (Phi) is 5.94. The molecule has 2 nitrogen and oxygen atoms in total. The first-order valence-electron chi connectivity index (χ1n) is 13.8. The molecule has 0 saturated heterocycles. The molecule has 5 aromatic rings. The summed E-state index contributed by atoms with van der Waals surface area (Å²) in [4.78, 5) is 4.69. The van der Waals surface area contributed by atoms with E-state index in [-0.39, 0.29) is 0 Å². The van der Waals surface area contributed by atoms with Gasteiger partial charge in [0.05, 0.1) is 0 Å². The van der Waals surface area contributed by atoms with Crippen molar-refractivity contribution in [1.82, 2.24) is 9.56 Å². The second-order valence-corrected chi connectivity index (χ2v) is 10.1. The maximum Gasteiger partial charge on any atom is 0.245 e. The molecule has 40 heavy (non-hydrogen) atoms. The van der Waals surface area contributed by atoms with Gasteiger partial charge in [-0.15, -0.1) is 4.58 Å². The number of hydrogen-bond donors (Lipinski definition) is 0. The third kappa shape index (κ3) is 3.80.